The second-order valence-corrected chi connectivity index (χ2v) is 13.4. The Labute approximate surface area is 346 Å². The Morgan fingerprint density at radius 1 is 0.574 bits per heavy atom. The van der Waals surface area contributed by atoms with Gasteiger partial charge < -0.3 is 79.3 Å². The van der Waals surface area contributed by atoms with Gasteiger partial charge in [0.2, 0.25) is 41.4 Å². The summed E-state index contributed by atoms with van der Waals surface area (Å²) in [6.45, 7) is -0.253. The zero-order valence-corrected chi connectivity index (χ0v) is 32.8. The molecule has 7 amide bonds. The van der Waals surface area contributed by atoms with Crippen LogP contribution < -0.4 is 48.7 Å². The zero-order valence-electron chi connectivity index (χ0n) is 32.8. The van der Waals surface area contributed by atoms with Crippen LogP contribution in [0.25, 0.3) is 0 Å². The summed E-state index contributed by atoms with van der Waals surface area (Å²) in [6.07, 6.45) is -4.92. The van der Waals surface area contributed by atoms with E-state index in [9.17, 15) is 78.3 Å². The van der Waals surface area contributed by atoms with Crippen LogP contribution in [0.2, 0.25) is 0 Å². The quantitative estimate of drug-likeness (QED) is 0.0348. The lowest BCUT2D eigenvalue weighted by Crippen LogP contribution is -2.61. The topological polar surface area (TPSA) is 445 Å². The summed E-state index contributed by atoms with van der Waals surface area (Å²) in [4.78, 5) is 137. The van der Waals surface area contributed by atoms with Gasteiger partial charge in [0.1, 0.15) is 42.5 Å². The van der Waals surface area contributed by atoms with Crippen LogP contribution in [0.15, 0.2) is 24.3 Å². The predicted octanol–water partition coefficient (Wildman–Crippen LogP) is -6.06. The number of hydrogen-bond acceptors (Lipinski definition) is 15. The molecule has 1 aromatic carbocycles. The molecular weight excluding hydrogens is 818 g/mol. The van der Waals surface area contributed by atoms with Crippen LogP contribution in [0.1, 0.15) is 51.0 Å². The summed E-state index contributed by atoms with van der Waals surface area (Å²) < 4.78 is 0. The summed E-state index contributed by atoms with van der Waals surface area (Å²) in [5, 5.41) is 71.3. The highest BCUT2D eigenvalue weighted by Crippen LogP contribution is 2.11. The van der Waals surface area contributed by atoms with Gasteiger partial charge in [-0.1, -0.05) is 12.1 Å². The Kier molecular flexibility index (Phi) is 22.4. The van der Waals surface area contributed by atoms with Crippen molar-refractivity contribution in [2.45, 2.75) is 94.2 Å². The predicted molar refractivity (Wildman–Crippen MR) is 204 cm³/mol. The number of aromatic hydroxyl groups is 1. The van der Waals surface area contributed by atoms with Crippen LogP contribution in [0.4, 0.5) is 0 Å². The number of phenolic OH excluding ortho intramolecular Hbond substituents is 1. The highest BCUT2D eigenvalue weighted by Gasteiger charge is 2.36. The number of benzene rings is 1. The number of carboxylic acid groups (broad SMARTS) is 4. The number of unbranched alkanes of at least 4 members (excludes halogenated alkanes) is 1. The Morgan fingerprint density at radius 3 is 1.46 bits per heavy atom. The first-order valence-corrected chi connectivity index (χ1v) is 18.4. The minimum Gasteiger partial charge on any atom is -0.508 e. The molecule has 26 heteroatoms. The van der Waals surface area contributed by atoms with Crippen molar-refractivity contribution >= 4 is 65.2 Å². The first kappa shape index (κ1) is 52.1. The number of aliphatic hydroxyl groups excluding tert-OH is 1. The number of carbonyl (C=O) groups is 11. The maximum absolute atomic E-state index is 13.4. The van der Waals surface area contributed by atoms with Crippen molar-refractivity contribution in [3.63, 3.8) is 0 Å². The zero-order chi connectivity index (χ0) is 46.4. The number of rotatable bonds is 28. The fraction of sp³-hybridized carbons (Fsp3) is 0.514. The molecule has 1 aromatic rings. The average molecular weight is 870 g/mol. The Bertz CT molecular complexity index is 1760. The van der Waals surface area contributed by atoms with Crippen molar-refractivity contribution in [3.05, 3.63) is 29.8 Å². The van der Waals surface area contributed by atoms with Crippen molar-refractivity contribution in [2.24, 2.45) is 11.5 Å². The van der Waals surface area contributed by atoms with Gasteiger partial charge in [0, 0.05) is 0 Å². The summed E-state index contributed by atoms with van der Waals surface area (Å²) in [5.41, 5.74) is 11.9. The molecule has 0 bridgehead atoms. The number of phenols is 1. The smallest absolute Gasteiger partial charge is 0.322 e. The average Bonchev–Trinajstić information content (AvgIpc) is 3.16. The molecule has 0 saturated heterocycles. The van der Waals surface area contributed by atoms with E-state index in [0.717, 1.165) is 6.92 Å². The number of aliphatic carboxylic acids is 4. The van der Waals surface area contributed by atoms with E-state index in [0.29, 0.717) is 12.0 Å². The van der Waals surface area contributed by atoms with Crippen molar-refractivity contribution in [2.75, 3.05) is 19.6 Å². The van der Waals surface area contributed by atoms with E-state index in [-0.39, 0.29) is 31.6 Å². The van der Waals surface area contributed by atoms with Crippen LogP contribution in [0.5, 0.6) is 5.75 Å². The fourth-order valence-electron chi connectivity index (χ4n) is 5.16. The van der Waals surface area contributed by atoms with Gasteiger partial charge in [-0.3, -0.25) is 52.7 Å². The molecule has 0 aromatic heterocycles. The maximum Gasteiger partial charge on any atom is 0.322 e. The molecule has 61 heavy (non-hydrogen) atoms. The third kappa shape index (κ3) is 20.6. The largest absolute Gasteiger partial charge is 0.508 e. The van der Waals surface area contributed by atoms with Gasteiger partial charge in [0.15, 0.2) is 0 Å². The van der Waals surface area contributed by atoms with Gasteiger partial charge in [-0.05, 0) is 56.8 Å². The molecular formula is C35H51N9O17. The second-order valence-electron chi connectivity index (χ2n) is 13.4. The maximum atomic E-state index is 13.4. The molecule has 7 atom stereocenters. The first-order chi connectivity index (χ1) is 28.5. The molecule has 0 radical (unpaired) electrons. The Balaban J connectivity index is 3.24. The summed E-state index contributed by atoms with van der Waals surface area (Å²) in [5.74, 6) is -15.0. The number of carbonyl (C=O) groups excluding carboxylic acids is 7. The molecule has 0 fully saturated rings. The summed E-state index contributed by atoms with van der Waals surface area (Å²) in [7, 11) is 0. The summed E-state index contributed by atoms with van der Waals surface area (Å²) >= 11 is 0. The number of nitrogens with one attached hydrogen (secondary N) is 7. The number of carboxylic acids is 4. The molecule has 0 spiro atoms. The molecule has 1 rings (SSSR count). The SMILES string of the molecule is C[C@@H](O)[C@H](NC(=O)[C@@H](N)Cc1ccc(O)cc1)C(=O)N[C@@H](CC(=O)O)C(=O)N[C@@H](CC(=O)O)C(=O)N[C@@H](CC(=O)O)C(=O)N[C@@H](CCCCN)C(=O)NCC(=O)NCC(=O)O. The van der Waals surface area contributed by atoms with E-state index < -0.39 is 140 Å². The third-order valence-electron chi connectivity index (χ3n) is 8.27. The third-order valence-corrected chi connectivity index (χ3v) is 8.27. The van der Waals surface area contributed by atoms with E-state index in [1.54, 1.807) is 0 Å². The minimum atomic E-state index is -2.17. The van der Waals surface area contributed by atoms with E-state index in [1.807, 2.05) is 21.3 Å². The van der Waals surface area contributed by atoms with E-state index in [2.05, 4.69) is 16.0 Å². The lowest BCUT2D eigenvalue weighted by molar-refractivity contribution is -0.144. The van der Waals surface area contributed by atoms with Crippen molar-refractivity contribution < 1.29 is 83.4 Å². The molecule has 0 saturated carbocycles. The Morgan fingerprint density at radius 2 is 1.03 bits per heavy atom. The molecule has 17 N–H and O–H groups in total. The highest BCUT2D eigenvalue weighted by atomic mass is 16.4. The highest BCUT2D eigenvalue weighted by molar-refractivity contribution is 5.99. The van der Waals surface area contributed by atoms with Gasteiger partial charge in [0.25, 0.3) is 0 Å². The van der Waals surface area contributed by atoms with Gasteiger partial charge in [-0.15, -0.1) is 0 Å². The monoisotopic (exact) mass is 869 g/mol. The summed E-state index contributed by atoms with van der Waals surface area (Å²) in [6, 6.07) is -5.32. The van der Waals surface area contributed by atoms with Crippen LogP contribution in [0.3, 0.4) is 0 Å². The normalized spacial score (nSPS) is 14.2. The van der Waals surface area contributed by atoms with E-state index >= 15 is 0 Å². The molecule has 0 aliphatic rings. The van der Waals surface area contributed by atoms with Crippen LogP contribution in [0, 0.1) is 0 Å². The van der Waals surface area contributed by atoms with Crippen molar-refractivity contribution in [1.29, 1.82) is 0 Å². The number of nitrogens with two attached hydrogens (primary N) is 2. The lowest BCUT2D eigenvalue weighted by Gasteiger charge is -2.27. The number of aliphatic hydroxyl groups is 1. The van der Waals surface area contributed by atoms with Gasteiger partial charge in [0.05, 0.1) is 38.0 Å². The van der Waals surface area contributed by atoms with E-state index in [1.165, 1.54) is 24.3 Å². The Hall–Kier alpha value is -6.93. The van der Waals surface area contributed by atoms with E-state index in [4.69, 9.17) is 16.6 Å². The molecule has 0 aliphatic heterocycles. The first-order valence-electron chi connectivity index (χ1n) is 18.4. The molecule has 0 heterocycles. The lowest BCUT2D eigenvalue weighted by atomic mass is 10.0. The van der Waals surface area contributed by atoms with Crippen LogP contribution in [-0.2, 0) is 59.2 Å². The molecule has 0 aliphatic carbocycles. The van der Waals surface area contributed by atoms with Crippen LogP contribution >= 0.6 is 0 Å². The standard InChI is InChI=1S/C35H51N9O17/c1-16(45)29(44-30(56)19(37)10-17-5-7-18(46)8-6-17)35(61)43-23(13-27(52)53)34(60)42-22(12-26(50)51)33(59)41-21(11-25(48)49)32(58)40-20(4-2-3-9-36)31(57)39-14-24(47)38-15-28(54)55/h5-8,16,19-23,29,45-46H,2-4,9-15,36-37H2,1H3,(H,38,47)(H,39,57)(H,40,58)(H,41,59)(H,42,60)(H,43,61)(H,44,56)(H,48,49)(H,50,51)(H,52,53)(H,54,55)/t16-,19+,20+,21+,22+,23+,29+/m1/s1. The number of hydrogen-bond donors (Lipinski definition) is 15. The molecule has 338 valence electrons. The van der Waals surface area contributed by atoms with Crippen molar-refractivity contribution in [3.8, 4) is 5.75 Å². The molecule has 26 nitrogen and oxygen atoms in total. The van der Waals surface area contributed by atoms with Crippen molar-refractivity contribution in [1.82, 2.24) is 37.2 Å². The van der Waals surface area contributed by atoms with Gasteiger partial charge in [-0.25, -0.2) is 0 Å². The van der Waals surface area contributed by atoms with Gasteiger partial charge in [-0.2, -0.15) is 0 Å². The minimum absolute atomic E-state index is 0.0568. The van der Waals surface area contributed by atoms with Crippen LogP contribution in [-0.4, -0.2) is 158 Å². The molecule has 0 unspecified atom stereocenters. The fourth-order valence-corrected chi connectivity index (χ4v) is 5.16. The second kappa shape index (κ2) is 26.2. The van der Waals surface area contributed by atoms with Gasteiger partial charge >= 0.3 is 23.9 Å². The number of amides is 7.